The lowest BCUT2D eigenvalue weighted by Crippen LogP contribution is -2.57. The molecular formula is C13H20N4O2. The lowest BCUT2D eigenvalue weighted by Gasteiger charge is -2.35. The molecule has 2 rings (SSSR count). The average Bonchev–Trinajstić information content (AvgIpc) is 2.77. The van der Waals surface area contributed by atoms with Crippen molar-refractivity contribution in [1.82, 2.24) is 20.0 Å². The van der Waals surface area contributed by atoms with Gasteiger partial charge in [-0.15, -0.1) is 0 Å². The number of aromatic nitrogens is 2. The molecule has 6 heteroatoms. The van der Waals surface area contributed by atoms with Crippen LogP contribution in [0.25, 0.3) is 0 Å². The highest BCUT2D eigenvalue weighted by molar-refractivity contribution is 5.89. The van der Waals surface area contributed by atoms with Crippen molar-refractivity contribution >= 4 is 11.8 Å². The summed E-state index contributed by atoms with van der Waals surface area (Å²) in [7, 11) is 1.82. The Morgan fingerprint density at radius 2 is 2.37 bits per heavy atom. The lowest BCUT2D eigenvalue weighted by molar-refractivity contribution is -0.143. The Morgan fingerprint density at radius 3 is 3.00 bits per heavy atom. The van der Waals surface area contributed by atoms with Gasteiger partial charge in [0, 0.05) is 26.3 Å². The van der Waals surface area contributed by atoms with Gasteiger partial charge in [-0.25, -0.2) is 0 Å². The van der Waals surface area contributed by atoms with Gasteiger partial charge < -0.3 is 10.2 Å². The molecule has 1 aliphatic rings. The molecule has 1 unspecified atom stereocenters. The number of carbonyl (C=O) groups is 2. The Balaban J connectivity index is 2.05. The van der Waals surface area contributed by atoms with Gasteiger partial charge in [-0.05, 0) is 12.0 Å². The number of carbonyl (C=O) groups excluding carboxylic acids is 2. The summed E-state index contributed by atoms with van der Waals surface area (Å²) < 4.78 is 1.68. The predicted molar refractivity (Wildman–Crippen MR) is 70.3 cm³/mol. The van der Waals surface area contributed by atoms with Crippen molar-refractivity contribution in [2.75, 3.05) is 13.1 Å². The van der Waals surface area contributed by atoms with Crippen molar-refractivity contribution in [2.24, 2.45) is 7.05 Å². The van der Waals surface area contributed by atoms with Crippen LogP contribution in [0.15, 0.2) is 12.4 Å². The molecule has 0 spiro atoms. The van der Waals surface area contributed by atoms with Crippen molar-refractivity contribution in [2.45, 2.75) is 32.2 Å². The molecule has 2 heterocycles. The van der Waals surface area contributed by atoms with E-state index in [-0.39, 0.29) is 17.9 Å². The molecule has 2 amide bonds. The van der Waals surface area contributed by atoms with Crippen LogP contribution in [-0.2, 0) is 23.1 Å². The zero-order valence-corrected chi connectivity index (χ0v) is 11.4. The zero-order chi connectivity index (χ0) is 13.8. The highest BCUT2D eigenvalue weighted by Gasteiger charge is 2.32. The van der Waals surface area contributed by atoms with Gasteiger partial charge in [0.2, 0.25) is 11.8 Å². The molecular weight excluding hydrogens is 244 g/mol. The highest BCUT2D eigenvalue weighted by atomic mass is 16.2. The van der Waals surface area contributed by atoms with Crippen LogP contribution < -0.4 is 5.32 Å². The third-order valence-electron chi connectivity index (χ3n) is 3.33. The largest absolute Gasteiger partial charge is 0.353 e. The molecule has 1 aliphatic heterocycles. The van der Waals surface area contributed by atoms with Crippen LogP contribution in [-0.4, -0.2) is 45.6 Å². The minimum atomic E-state index is -0.317. The van der Waals surface area contributed by atoms with Crippen molar-refractivity contribution in [3.05, 3.63) is 18.0 Å². The van der Waals surface area contributed by atoms with Gasteiger partial charge in [0.1, 0.15) is 6.04 Å². The summed E-state index contributed by atoms with van der Waals surface area (Å²) in [6.45, 7) is 3.15. The SMILES string of the molecule is CCCC1C(=O)NCCN1C(=O)Cc1cnn(C)c1. The number of amides is 2. The first-order chi connectivity index (χ1) is 9.11. The molecule has 0 aromatic carbocycles. The summed E-state index contributed by atoms with van der Waals surface area (Å²) in [6.07, 6.45) is 5.42. The van der Waals surface area contributed by atoms with Gasteiger partial charge >= 0.3 is 0 Å². The first-order valence-corrected chi connectivity index (χ1v) is 6.66. The molecule has 0 bridgehead atoms. The van der Waals surface area contributed by atoms with Gasteiger partial charge in [0.15, 0.2) is 0 Å². The number of nitrogens with one attached hydrogen (secondary N) is 1. The van der Waals surface area contributed by atoms with Crippen LogP contribution in [0.1, 0.15) is 25.3 Å². The van der Waals surface area contributed by atoms with E-state index in [9.17, 15) is 9.59 Å². The van der Waals surface area contributed by atoms with Crippen LogP contribution in [0.4, 0.5) is 0 Å². The average molecular weight is 264 g/mol. The van der Waals surface area contributed by atoms with Gasteiger partial charge in [-0.1, -0.05) is 13.3 Å². The van der Waals surface area contributed by atoms with Crippen LogP contribution in [0.2, 0.25) is 0 Å². The monoisotopic (exact) mass is 264 g/mol. The molecule has 1 aromatic rings. The van der Waals surface area contributed by atoms with E-state index in [2.05, 4.69) is 10.4 Å². The first-order valence-electron chi connectivity index (χ1n) is 6.66. The Labute approximate surface area is 112 Å². The van der Waals surface area contributed by atoms with Gasteiger partial charge in [-0.2, -0.15) is 5.10 Å². The number of hydrogen-bond donors (Lipinski definition) is 1. The maximum atomic E-state index is 12.3. The summed E-state index contributed by atoms with van der Waals surface area (Å²) in [5.74, 6) is -0.0334. The second-order valence-corrected chi connectivity index (χ2v) is 4.88. The molecule has 6 nitrogen and oxygen atoms in total. The number of hydrogen-bond acceptors (Lipinski definition) is 3. The topological polar surface area (TPSA) is 67.2 Å². The fourth-order valence-electron chi connectivity index (χ4n) is 2.41. The minimum Gasteiger partial charge on any atom is -0.353 e. The molecule has 19 heavy (non-hydrogen) atoms. The van der Waals surface area contributed by atoms with Crippen LogP contribution >= 0.6 is 0 Å². The smallest absolute Gasteiger partial charge is 0.242 e. The molecule has 1 saturated heterocycles. The maximum Gasteiger partial charge on any atom is 0.242 e. The van der Waals surface area contributed by atoms with E-state index in [0.717, 1.165) is 12.0 Å². The summed E-state index contributed by atoms with van der Waals surface area (Å²) in [6, 6.07) is -0.317. The molecule has 0 radical (unpaired) electrons. The zero-order valence-electron chi connectivity index (χ0n) is 11.4. The van der Waals surface area contributed by atoms with E-state index in [0.29, 0.717) is 25.9 Å². The molecule has 1 aromatic heterocycles. The second-order valence-electron chi connectivity index (χ2n) is 4.88. The Morgan fingerprint density at radius 1 is 1.58 bits per heavy atom. The molecule has 104 valence electrons. The second kappa shape index (κ2) is 5.86. The maximum absolute atomic E-state index is 12.3. The lowest BCUT2D eigenvalue weighted by atomic mass is 10.1. The molecule has 1 N–H and O–H groups in total. The van der Waals surface area contributed by atoms with E-state index in [1.54, 1.807) is 15.8 Å². The third kappa shape index (κ3) is 3.13. The molecule has 0 saturated carbocycles. The van der Waals surface area contributed by atoms with E-state index in [4.69, 9.17) is 0 Å². The van der Waals surface area contributed by atoms with Gasteiger partial charge in [0.05, 0.1) is 12.6 Å². The number of aryl methyl sites for hydroxylation is 1. The van der Waals surface area contributed by atoms with E-state index < -0.39 is 0 Å². The fraction of sp³-hybridized carbons (Fsp3) is 0.615. The normalized spacial score (nSPS) is 19.4. The highest BCUT2D eigenvalue weighted by Crippen LogP contribution is 2.13. The van der Waals surface area contributed by atoms with Crippen LogP contribution in [0.3, 0.4) is 0 Å². The van der Waals surface area contributed by atoms with Crippen LogP contribution in [0.5, 0.6) is 0 Å². The standard InChI is InChI=1S/C13H20N4O2/c1-3-4-11-13(19)14-5-6-17(11)12(18)7-10-8-15-16(2)9-10/h8-9,11H,3-7H2,1-2H3,(H,14,19). The molecule has 0 aliphatic carbocycles. The Hall–Kier alpha value is -1.85. The van der Waals surface area contributed by atoms with Crippen LogP contribution in [0, 0.1) is 0 Å². The third-order valence-corrected chi connectivity index (χ3v) is 3.33. The molecule has 1 fully saturated rings. The fourth-order valence-corrected chi connectivity index (χ4v) is 2.41. The Kier molecular flexibility index (Phi) is 4.19. The number of nitrogens with zero attached hydrogens (tertiary/aromatic N) is 3. The number of rotatable bonds is 4. The van der Waals surface area contributed by atoms with Gasteiger partial charge in [0.25, 0.3) is 0 Å². The quantitative estimate of drug-likeness (QED) is 0.838. The van der Waals surface area contributed by atoms with Crippen molar-refractivity contribution in [1.29, 1.82) is 0 Å². The van der Waals surface area contributed by atoms with E-state index in [1.807, 2.05) is 20.2 Å². The number of piperazine rings is 1. The van der Waals surface area contributed by atoms with Gasteiger partial charge in [-0.3, -0.25) is 14.3 Å². The van der Waals surface area contributed by atoms with E-state index >= 15 is 0 Å². The summed E-state index contributed by atoms with van der Waals surface area (Å²) >= 11 is 0. The Bertz CT molecular complexity index is 469. The summed E-state index contributed by atoms with van der Waals surface area (Å²) in [5, 5.41) is 6.87. The van der Waals surface area contributed by atoms with Crippen molar-refractivity contribution < 1.29 is 9.59 Å². The van der Waals surface area contributed by atoms with E-state index in [1.165, 1.54) is 0 Å². The summed E-state index contributed by atoms with van der Waals surface area (Å²) in [4.78, 5) is 25.9. The molecule has 1 atom stereocenters. The minimum absolute atomic E-state index is 0.00120. The first kappa shape index (κ1) is 13.6. The van der Waals surface area contributed by atoms with Crippen molar-refractivity contribution in [3.8, 4) is 0 Å². The predicted octanol–water partition coefficient (Wildman–Crippen LogP) is 0.0897. The summed E-state index contributed by atoms with van der Waals surface area (Å²) in [5.41, 5.74) is 0.883. The van der Waals surface area contributed by atoms with Crippen molar-refractivity contribution in [3.63, 3.8) is 0 Å².